The molecule has 1 aromatic rings. The molecule has 2 saturated heterocycles. The number of allylic oxidation sites excluding steroid dienone is 1. The van der Waals surface area contributed by atoms with E-state index in [1.165, 1.54) is 5.57 Å². The maximum atomic E-state index is 13.0. The van der Waals surface area contributed by atoms with Gasteiger partial charge in [0.2, 0.25) is 0 Å². The molecule has 2 atom stereocenters. The van der Waals surface area contributed by atoms with E-state index >= 15 is 0 Å². The first-order chi connectivity index (χ1) is 12.4. The normalized spacial score (nSPS) is 26.8. The van der Waals surface area contributed by atoms with E-state index in [9.17, 15) is 9.90 Å². The number of rotatable bonds is 3. The van der Waals surface area contributed by atoms with Crippen LogP contribution >= 0.6 is 0 Å². The van der Waals surface area contributed by atoms with E-state index in [2.05, 4.69) is 29.8 Å². The van der Waals surface area contributed by atoms with Gasteiger partial charge in [0.1, 0.15) is 5.69 Å². The molecule has 0 aromatic carbocycles. The number of carbonyl (C=O) groups is 1. The van der Waals surface area contributed by atoms with Gasteiger partial charge in [-0.15, -0.1) is 0 Å². The summed E-state index contributed by atoms with van der Waals surface area (Å²) in [5.74, 6) is -0.00389. The number of carbonyl (C=O) groups excluding carboxylic acids is 1. The fourth-order valence-electron chi connectivity index (χ4n) is 4.30. The molecule has 1 N–H and O–H groups in total. The lowest BCUT2D eigenvalue weighted by molar-refractivity contribution is -0.0763. The highest BCUT2D eigenvalue weighted by molar-refractivity contribution is 5.93. The minimum Gasteiger partial charge on any atom is -0.392 e. The molecule has 0 saturated carbocycles. The quantitative estimate of drug-likeness (QED) is 0.845. The monoisotopic (exact) mass is 357 g/mol. The molecule has 0 aliphatic carbocycles. The Hall–Kier alpha value is -1.72. The van der Waals surface area contributed by atoms with Gasteiger partial charge in [0, 0.05) is 44.3 Å². The minimum atomic E-state index is -0.342. The van der Waals surface area contributed by atoms with Crippen molar-refractivity contribution in [1.82, 2.24) is 14.8 Å². The van der Waals surface area contributed by atoms with Crippen LogP contribution in [0.2, 0.25) is 0 Å². The molecular formula is C21H31N3O2. The van der Waals surface area contributed by atoms with Crippen LogP contribution in [0.15, 0.2) is 30.0 Å². The van der Waals surface area contributed by atoms with Crippen molar-refractivity contribution in [3.8, 4) is 0 Å². The Morgan fingerprint density at radius 1 is 1.38 bits per heavy atom. The minimum absolute atomic E-state index is 0.00389. The van der Waals surface area contributed by atoms with Crippen molar-refractivity contribution in [2.75, 3.05) is 32.7 Å². The van der Waals surface area contributed by atoms with Crippen LogP contribution in [-0.2, 0) is 0 Å². The highest BCUT2D eigenvalue weighted by Crippen LogP contribution is 2.39. The summed E-state index contributed by atoms with van der Waals surface area (Å²) in [7, 11) is 0. The van der Waals surface area contributed by atoms with Crippen molar-refractivity contribution in [2.24, 2.45) is 5.41 Å². The zero-order valence-electron chi connectivity index (χ0n) is 16.2. The summed E-state index contributed by atoms with van der Waals surface area (Å²) in [5.41, 5.74) is 2.55. The van der Waals surface area contributed by atoms with Gasteiger partial charge in [0.25, 0.3) is 5.91 Å². The number of amides is 1. The van der Waals surface area contributed by atoms with E-state index < -0.39 is 0 Å². The topological polar surface area (TPSA) is 56.7 Å². The van der Waals surface area contributed by atoms with E-state index in [1.807, 2.05) is 24.0 Å². The summed E-state index contributed by atoms with van der Waals surface area (Å²) in [6, 6.07) is 3.78. The van der Waals surface area contributed by atoms with E-state index in [-0.39, 0.29) is 17.4 Å². The Kier molecular flexibility index (Phi) is 5.78. The van der Waals surface area contributed by atoms with Gasteiger partial charge in [-0.1, -0.05) is 17.7 Å². The van der Waals surface area contributed by atoms with Crippen LogP contribution in [0.1, 0.15) is 49.2 Å². The van der Waals surface area contributed by atoms with E-state index in [0.717, 1.165) is 51.0 Å². The molecule has 0 bridgehead atoms. The molecule has 5 nitrogen and oxygen atoms in total. The largest absolute Gasteiger partial charge is 0.392 e. The summed E-state index contributed by atoms with van der Waals surface area (Å²) in [4.78, 5) is 21.6. The second-order valence-corrected chi connectivity index (χ2v) is 8.18. The number of hydrogen-bond donors (Lipinski definition) is 1. The number of aromatic nitrogens is 1. The van der Waals surface area contributed by atoms with Gasteiger partial charge in [0.05, 0.1) is 6.10 Å². The molecule has 26 heavy (non-hydrogen) atoms. The standard InChI is InChI=1S/C21H31N3O2/c1-16(2)7-12-23-13-8-18(25)21(14-23)9-5-11-24(15-21)20(26)19-17(3)6-4-10-22-19/h4,6-7,10,18,25H,5,8-9,11-15H2,1-3H3/t18-,21-/m1/s1. The summed E-state index contributed by atoms with van der Waals surface area (Å²) in [5, 5.41) is 10.8. The maximum Gasteiger partial charge on any atom is 0.272 e. The Labute approximate surface area is 156 Å². The van der Waals surface area contributed by atoms with Crippen molar-refractivity contribution in [3.05, 3.63) is 41.2 Å². The summed E-state index contributed by atoms with van der Waals surface area (Å²) < 4.78 is 0. The molecule has 1 spiro atoms. The van der Waals surface area contributed by atoms with Gasteiger partial charge >= 0.3 is 0 Å². The van der Waals surface area contributed by atoms with Crippen LogP contribution in [0.5, 0.6) is 0 Å². The Morgan fingerprint density at radius 3 is 2.92 bits per heavy atom. The number of nitrogens with zero attached hydrogens (tertiary/aromatic N) is 3. The van der Waals surface area contributed by atoms with Gasteiger partial charge in [-0.05, 0) is 51.7 Å². The van der Waals surface area contributed by atoms with Gasteiger partial charge in [-0.3, -0.25) is 14.7 Å². The molecule has 1 aromatic heterocycles. The van der Waals surface area contributed by atoms with Gasteiger partial charge in [-0.2, -0.15) is 0 Å². The fraction of sp³-hybridized carbons (Fsp3) is 0.619. The molecule has 3 rings (SSSR count). The number of aryl methyl sites for hydroxylation is 1. The van der Waals surface area contributed by atoms with Gasteiger partial charge in [0.15, 0.2) is 0 Å². The first-order valence-electron chi connectivity index (χ1n) is 9.66. The van der Waals surface area contributed by atoms with Crippen LogP contribution in [0.25, 0.3) is 0 Å². The molecule has 3 heterocycles. The second-order valence-electron chi connectivity index (χ2n) is 8.18. The third-order valence-electron chi connectivity index (χ3n) is 5.83. The van der Waals surface area contributed by atoms with E-state index in [4.69, 9.17) is 0 Å². The number of aliphatic hydroxyl groups is 1. The molecular weight excluding hydrogens is 326 g/mol. The highest BCUT2D eigenvalue weighted by Gasteiger charge is 2.46. The lowest BCUT2D eigenvalue weighted by Crippen LogP contribution is -2.59. The Morgan fingerprint density at radius 2 is 2.19 bits per heavy atom. The third-order valence-corrected chi connectivity index (χ3v) is 5.83. The molecule has 1 amide bonds. The maximum absolute atomic E-state index is 13.0. The van der Waals surface area contributed by atoms with Crippen LogP contribution < -0.4 is 0 Å². The summed E-state index contributed by atoms with van der Waals surface area (Å²) in [6.45, 7) is 10.2. The summed E-state index contributed by atoms with van der Waals surface area (Å²) >= 11 is 0. The molecule has 2 aliphatic rings. The van der Waals surface area contributed by atoms with Crippen LogP contribution in [-0.4, -0.2) is 64.6 Å². The number of piperidine rings is 2. The first-order valence-corrected chi connectivity index (χ1v) is 9.66. The molecule has 142 valence electrons. The highest BCUT2D eigenvalue weighted by atomic mass is 16.3. The molecule has 0 unspecified atom stereocenters. The van der Waals surface area contributed by atoms with Crippen LogP contribution in [0, 0.1) is 12.3 Å². The molecule has 0 radical (unpaired) electrons. The van der Waals surface area contributed by atoms with Crippen molar-refractivity contribution in [3.63, 3.8) is 0 Å². The molecule has 5 heteroatoms. The van der Waals surface area contributed by atoms with Crippen LogP contribution in [0.4, 0.5) is 0 Å². The molecule has 2 fully saturated rings. The van der Waals surface area contributed by atoms with Crippen molar-refractivity contribution >= 4 is 5.91 Å². The number of pyridine rings is 1. The molecule has 2 aliphatic heterocycles. The number of likely N-dealkylation sites (tertiary alicyclic amines) is 2. The second kappa shape index (κ2) is 7.89. The lowest BCUT2D eigenvalue weighted by Gasteiger charge is -2.51. The van der Waals surface area contributed by atoms with Crippen LogP contribution in [0.3, 0.4) is 0 Å². The van der Waals surface area contributed by atoms with Crippen molar-refractivity contribution < 1.29 is 9.90 Å². The smallest absolute Gasteiger partial charge is 0.272 e. The zero-order valence-corrected chi connectivity index (χ0v) is 16.2. The lowest BCUT2D eigenvalue weighted by atomic mass is 9.71. The predicted molar refractivity (Wildman–Crippen MR) is 103 cm³/mol. The van der Waals surface area contributed by atoms with E-state index in [1.54, 1.807) is 6.20 Å². The first kappa shape index (κ1) is 19.1. The number of hydrogen-bond acceptors (Lipinski definition) is 4. The average Bonchev–Trinajstić information content (AvgIpc) is 2.63. The summed E-state index contributed by atoms with van der Waals surface area (Å²) in [6.07, 6.45) is 6.27. The van der Waals surface area contributed by atoms with Crippen molar-refractivity contribution in [2.45, 2.75) is 46.1 Å². The van der Waals surface area contributed by atoms with Gasteiger partial charge < -0.3 is 10.0 Å². The Bertz CT molecular complexity index is 684. The fourth-order valence-corrected chi connectivity index (χ4v) is 4.30. The average molecular weight is 357 g/mol. The number of aliphatic hydroxyl groups excluding tert-OH is 1. The predicted octanol–water partition coefficient (Wildman–Crippen LogP) is 2.65. The third kappa shape index (κ3) is 3.99. The SMILES string of the molecule is CC(C)=CCN1CC[C@@H](O)[C@]2(CCCN(C(=O)c3ncccc3C)C2)C1. The Balaban J connectivity index is 1.76. The van der Waals surface area contributed by atoms with Crippen molar-refractivity contribution in [1.29, 1.82) is 0 Å². The zero-order chi connectivity index (χ0) is 18.7. The van der Waals surface area contributed by atoms with Gasteiger partial charge in [-0.25, -0.2) is 0 Å². The van der Waals surface area contributed by atoms with E-state index in [0.29, 0.717) is 12.2 Å².